The largest absolute Gasteiger partial charge is 0.466 e. The molecule has 2 unspecified atom stereocenters. The van der Waals surface area contributed by atoms with Gasteiger partial charge in [0.05, 0.1) is 25.4 Å². The van der Waals surface area contributed by atoms with Gasteiger partial charge in [0.15, 0.2) is 0 Å². The van der Waals surface area contributed by atoms with Crippen molar-refractivity contribution >= 4 is 11.9 Å². The van der Waals surface area contributed by atoms with Gasteiger partial charge in [0.25, 0.3) is 0 Å². The first-order chi connectivity index (χ1) is 41.5. The second-order valence-corrected chi connectivity index (χ2v) is 26.3. The topological polar surface area (TPSA) is 95.9 Å². The molecule has 1 amide bonds. The Balaban J connectivity index is 3.37. The normalized spacial score (nSPS) is 12.7. The summed E-state index contributed by atoms with van der Waals surface area (Å²) in [6, 6.07) is -0.627. The molecule has 0 spiro atoms. The van der Waals surface area contributed by atoms with E-state index >= 15 is 0 Å². The maximum Gasteiger partial charge on any atom is 0.305 e. The van der Waals surface area contributed by atoms with E-state index in [9.17, 15) is 19.8 Å². The van der Waals surface area contributed by atoms with Crippen LogP contribution in [0.4, 0.5) is 0 Å². The molecule has 496 valence electrons. The summed E-state index contributed by atoms with van der Waals surface area (Å²) in [4.78, 5) is 24.6. The zero-order valence-electron chi connectivity index (χ0n) is 56.9. The molecule has 6 nitrogen and oxygen atoms in total. The molecule has 0 rings (SSSR count). The van der Waals surface area contributed by atoms with E-state index in [1.54, 1.807) is 6.08 Å². The zero-order chi connectivity index (χ0) is 60.6. The fraction of sp³-hybridized carbons (Fsp3) is 0.897. The summed E-state index contributed by atoms with van der Waals surface area (Å²) in [6.45, 7) is 4.94. The SMILES string of the molecule is CCCCCCCCC/C=C\CCCCCCCCCC(=O)OCCCCCCCCCCCCCC/C=C\CCCCCCCCCCCCCCCCCC(=O)NC(CO)C(O)/C=C/CCCCCCCCCCCCCCCCCC. The van der Waals surface area contributed by atoms with Crippen LogP contribution in [-0.4, -0.2) is 47.4 Å². The minimum absolute atomic E-state index is 0.0152. The Morgan fingerprint density at radius 1 is 0.321 bits per heavy atom. The molecule has 0 bridgehead atoms. The Morgan fingerprint density at radius 2 is 0.560 bits per heavy atom. The lowest BCUT2D eigenvalue weighted by Crippen LogP contribution is -2.45. The first-order valence-electron chi connectivity index (χ1n) is 38.3. The van der Waals surface area contributed by atoms with Crippen molar-refractivity contribution in [2.24, 2.45) is 0 Å². The number of allylic oxidation sites excluding steroid dienone is 5. The Labute approximate surface area is 525 Å². The highest BCUT2D eigenvalue weighted by Crippen LogP contribution is 2.19. The van der Waals surface area contributed by atoms with E-state index in [1.165, 1.54) is 353 Å². The maximum atomic E-state index is 12.5. The lowest BCUT2D eigenvalue weighted by molar-refractivity contribution is -0.143. The van der Waals surface area contributed by atoms with Gasteiger partial charge in [0, 0.05) is 12.8 Å². The minimum Gasteiger partial charge on any atom is -0.466 e. The summed E-state index contributed by atoms with van der Waals surface area (Å²) in [5.74, 6) is -0.0473. The number of hydrogen-bond acceptors (Lipinski definition) is 5. The molecule has 2 atom stereocenters. The monoisotopic (exact) mass is 1180 g/mol. The van der Waals surface area contributed by atoms with E-state index in [1.807, 2.05) is 6.08 Å². The van der Waals surface area contributed by atoms with Gasteiger partial charge in [-0.2, -0.15) is 0 Å². The number of rotatable bonds is 72. The Bertz CT molecular complexity index is 1360. The fourth-order valence-corrected chi connectivity index (χ4v) is 12.0. The van der Waals surface area contributed by atoms with Crippen molar-refractivity contribution in [3.63, 3.8) is 0 Å². The fourth-order valence-electron chi connectivity index (χ4n) is 12.0. The van der Waals surface area contributed by atoms with E-state index < -0.39 is 12.1 Å². The summed E-state index contributed by atoms with van der Waals surface area (Å²) in [5.41, 5.74) is 0. The maximum absolute atomic E-state index is 12.5. The quantitative estimate of drug-likeness (QED) is 0.0320. The molecule has 0 aliphatic rings. The third kappa shape index (κ3) is 69.2. The Hall–Kier alpha value is -1.92. The van der Waals surface area contributed by atoms with Crippen molar-refractivity contribution in [1.82, 2.24) is 5.32 Å². The number of unbranched alkanes of at least 4 members (excludes halogenated alkanes) is 57. The lowest BCUT2D eigenvalue weighted by atomic mass is 10.0. The van der Waals surface area contributed by atoms with Gasteiger partial charge in [-0.15, -0.1) is 0 Å². The second kappa shape index (κ2) is 73.5. The van der Waals surface area contributed by atoms with Gasteiger partial charge in [-0.25, -0.2) is 0 Å². The molecule has 0 saturated carbocycles. The highest BCUT2D eigenvalue weighted by Gasteiger charge is 2.18. The van der Waals surface area contributed by atoms with Crippen molar-refractivity contribution in [2.75, 3.05) is 13.2 Å². The molecule has 0 heterocycles. The summed E-state index contributed by atoms with van der Waals surface area (Å²) >= 11 is 0. The number of carbonyl (C=O) groups is 2. The summed E-state index contributed by atoms with van der Waals surface area (Å²) in [6.07, 6.45) is 95.4. The van der Waals surface area contributed by atoms with Crippen molar-refractivity contribution in [3.8, 4) is 0 Å². The van der Waals surface area contributed by atoms with Crippen molar-refractivity contribution in [2.45, 2.75) is 437 Å². The molecule has 0 aromatic rings. The number of esters is 1. The molecular weight excluding hydrogens is 1030 g/mol. The molecular formula is C78H149NO5. The van der Waals surface area contributed by atoms with Crippen LogP contribution >= 0.6 is 0 Å². The van der Waals surface area contributed by atoms with Crippen LogP contribution in [-0.2, 0) is 14.3 Å². The van der Waals surface area contributed by atoms with Crippen molar-refractivity contribution in [3.05, 3.63) is 36.5 Å². The first-order valence-corrected chi connectivity index (χ1v) is 38.3. The average Bonchev–Trinajstić information content (AvgIpc) is 3.52. The number of amides is 1. The molecule has 0 aromatic carbocycles. The third-order valence-corrected chi connectivity index (χ3v) is 17.9. The van der Waals surface area contributed by atoms with Crippen LogP contribution in [0.3, 0.4) is 0 Å². The average molecular weight is 1180 g/mol. The number of carbonyl (C=O) groups excluding carboxylic acids is 2. The van der Waals surface area contributed by atoms with E-state index in [0.29, 0.717) is 19.4 Å². The standard InChI is InChI=1S/C78H149NO5/c1-3-5-7-9-11-13-15-17-19-21-38-42-46-50-54-58-62-66-70-76(81)75(74-80)79-77(82)71-67-63-59-55-51-47-43-39-36-34-32-30-28-26-24-23-25-27-29-31-33-35-37-41-45-49-53-57-61-65-69-73-84-78(83)72-68-64-60-56-52-48-44-40-22-20-18-16-14-12-10-8-6-4-2/h20,22,25,27,66,70,75-76,80-81H,3-19,21,23-24,26,28-65,67-69,71-74H2,1-2H3,(H,79,82)/b22-20-,27-25-,70-66+. The third-order valence-electron chi connectivity index (χ3n) is 17.9. The van der Waals surface area contributed by atoms with Gasteiger partial charge >= 0.3 is 5.97 Å². The van der Waals surface area contributed by atoms with Gasteiger partial charge in [0.1, 0.15) is 0 Å². The molecule has 3 N–H and O–H groups in total. The molecule has 6 heteroatoms. The summed E-state index contributed by atoms with van der Waals surface area (Å²) in [5, 5.41) is 23.2. The van der Waals surface area contributed by atoms with Gasteiger partial charge in [-0.05, 0) is 83.5 Å². The van der Waals surface area contributed by atoms with Crippen molar-refractivity contribution < 1.29 is 24.5 Å². The van der Waals surface area contributed by atoms with Crippen LogP contribution in [0.5, 0.6) is 0 Å². The summed E-state index contributed by atoms with van der Waals surface area (Å²) < 4.78 is 5.51. The number of nitrogens with one attached hydrogen (secondary N) is 1. The van der Waals surface area contributed by atoms with Crippen LogP contribution in [0.2, 0.25) is 0 Å². The smallest absolute Gasteiger partial charge is 0.305 e. The highest BCUT2D eigenvalue weighted by molar-refractivity contribution is 5.76. The molecule has 0 aliphatic carbocycles. The van der Waals surface area contributed by atoms with Gasteiger partial charge < -0.3 is 20.3 Å². The van der Waals surface area contributed by atoms with Crippen LogP contribution < -0.4 is 5.32 Å². The molecule has 0 aliphatic heterocycles. The van der Waals surface area contributed by atoms with Crippen LogP contribution in [0.15, 0.2) is 36.5 Å². The van der Waals surface area contributed by atoms with E-state index in [0.717, 1.165) is 44.9 Å². The Morgan fingerprint density at radius 3 is 0.845 bits per heavy atom. The Kier molecular flexibility index (Phi) is 71.9. The molecule has 0 saturated heterocycles. The van der Waals surface area contributed by atoms with Crippen molar-refractivity contribution in [1.29, 1.82) is 0 Å². The van der Waals surface area contributed by atoms with E-state index in [-0.39, 0.29) is 18.5 Å². The predicted molar refractivity (Wildman–Crippen MR) is 370 cm³/mol. The van der Waals surface area contributed by atoms with Crippen LogP contribution in [0.25, 0.3) is 0 Å². The zero-order valence-corrected chi connectivity index (χ0v) is 56.9. The highest BCUT2D eigenvalue weighted by atomic mass is 16.5. The number of aliphatic hydroxyl groups is 2. The number of ether oxygens (including phenoxy) is 1. The van der Waals surface area contributed by atoms with Crippen LogP contribution in [0, 0.1) is 0 Å². The number of aliphatic hydroxyl groups excluding tert-OH is 2. The second-order valence-electron chi connectivity index (χ2n) is 26.3. The molecule has 0 aromatic heterocycles. The van der Waals surface area contributed by atoms with Gasteiger partial charge in [-0.1, -0.05) is 365 Å². The minimum atomic E-state index is -0.844. The molecule has 0 radical (unpaired) electrons. The lowest BCUT2D eigenvalue weighted by Gasteiger charge is -2.20. The van der Waals surface area contributed by atoms with E-state index in [2.05, 4.69) is 43.5 Å². The van der Waals surface area contributed by atoms with Gasteiger partial charge in [0.2, 0.25) is 5.91 Å². The van der Waals surface area contributed by atoms with Gasteiger partial charge in [-0.3, -0.25) is 9.59 Å². The number of hydrogen-bond donors (Lipinski definition) is 3. The molecule has 0 fully saturated rings. The first kappa shape index (κ1) is 82.1. The van der Waals surface area contributed by atoms with Crippen LogP contribution in [0.1, 0.15) is 425 Å². The molecule has 84 heavy (non-hydrogen) atoms. The predicted octanol–water partition coefficient (Wildman–Crippen LogP) is 25.0. The summed E-state index contributed by atoms with van der Waals surface area (Å²) in [7, 11) is 0. The van der Waals surface area contributed by atoms with E-state index in [4.69, 9.17) is 4.74 Å².